The van der Waals surface area contributed by atoms with Gasteiger partial charge in [0.1, 0.15) is 17.1 Å². The Hall–Kier alpha value is -3.91. The van der Waals surface area contributed by atoms with E-state index in [0.29, 0.717) is 33.9 Å². The van der Waals surface area contributed by atoms with E-state index in [1.54, 1.807) is 19.1 Å². The SMILES string of the molecule is COc1cc(C2c3c(cc(OC)c(C(=O)N=[N+]=[N-])c3OC)C(=O)C2C)cc(OC)c1OC. The molecule has 0 saturated carbocycles. The van der Waals surface area contributed by atoms with Gasteiger partial charge in [-0.3, -0.25) is 9.59 Å². The Balaban J connectivity index is 2.37. The minimum absolute atomic E-state index is 0.0501. The second-order valence-electron chi connectivity index (χ2n) is 7.03. The fourth-order valence-corrected chi connectivity index (χ4v) is 4.21. The Labute approximate surface area is 184 Å². The Morgan fingerprint density at radius 3 is 1.94 bits per heavy atom. The van der Waals surface area contributed by atoms with Gasteiger partial charge in [-0.15, -0.1) is 0 Å². The van der Waals surface area contributed by atoms with Crippen LogP contribution in [0.15, 0.2) is 23.3 Å². The third-order valence-corrected chi connectivity index (χ3v) is 5.59. The zero-order valence-corrected chi connectivity index (χ0v) is 18.6. The van der Waals surface area contributed by atoms with Gasteiger partial charge in [0.05, 0.1) is 35.5 Å². The van der Waals surface area contributed by atoms with Crippen molar-refractivity contribution in [2.45, 2.75) is 12.8 Å². The lowest BCUT2D eigenvalue weighted by Gasteiger charge is -2.22. The molecule has 0 bridgehead atoms. The number of benzene rings is 2. The van der Waals surface area contributed by atoms with E-state index >= 15 is 0 Å². The molecule has 0 aromatic heterocycles. The summed E-state index contributed by atoms with van der Waals surface area (Å²) in [5.74, 6) is -0.534. The van der Waals surface area contributed by atoms with E-state index in [-0.39, 0.29) is 22.8 Å². The molecule has 168 valence electrons. The van der Waals surface area contributed by atoms with Crippen molar-refractivity contribution in [1.82, 2.24) is 0 Å². The topological polar surface area (TPSA) is 129 Å². The van der Waals surface area contributed by atoms with Gasteiger partial charge >= 0.3 is 0 Å². The van der Waals surface area contributed by atoms with E-state index in [2.05, 4.69) is 10.0 Å². The van der Waals surface area contributed by atoms with Crippen LogP contribution < -0.4 is 23.7 Å². The molecule has 1 amide bonds. The molecule has 0 spiro atoms. The fourth-order valence-electron chi connectivity index (χ4n) is 4.21. The number of rotatable bonds is 7. The summed E-state index contributed by atoms with van der Waals surface area (Å²) in [5.41, 5.74) is 10.3. The molecule has 2 aromatic carbocycles. The number of amides is 1. The smallest absolute Gasteiger partial charge is 0.256 e. The molecule has 0 saturated heterocycles. The van der Waals surface area contributed by atoms with Crippen LogP contribution in [0.5, 0.6) is 28.7 Å². The number of ether oxygens (including phenoxy) is 5. The molecule has 0 aliphatic heterocycles. The Kier molecular flexibility index (Phi) is 6.45. The van der Waals surface area contributed by atoms with Gasteiger partial charge in [0.15, 0.2) is 17.3 Å². The van der Waals surface area contributed by atoms with E-state index < -0.39 is 17.7 Å². The number of carbonyl (C=O) groups excluding carboxylic acids is 2. The van der Waals surface area contributed by atoms with Crippen molar-refractivity contribution in [2.75, 3.05) is 35.5 Å². The summed E-state index contributed by atoms with van der Waals surface area (Å²) < 4.78 is 27.2. The number of nitrogens with zero attached hydrogens (tertiary/aromatic N) is 3. The molecular weight excluding hydrogens is 418 g/mol. The van der Waals surface area contributed by atoms with Crippen LogP contribution in [0.1, 0.15) is 44.7 Å². The molecule has 3 rings (SSSR count). The summed E-state index contributed by atoms with van der Waals surface area (Å²) in [6.07, 6.45) is 0. The van der Waals surface area contributed by atoms with Gasteiger partial charge in [0, 0.05) is 27.9 Å². The van der Waals surface area contributed by atoms with Gasteiger partial charge < -0.3 is 23.7 Å². The number of hydrogen-bond acceptors (Lipinski definition) is 7. The number of Topliss-reactive ketones (excluding diaryl/α,β-unsaturated/α-hetero) is 1. The third-order valence-electron chi connectivity index (χ3n) is 5.59. The number of hydrogen-bond donors (Lipinski definition) is 0. The monoisotopic (exact) mass is 441 g/mol. The van der Waals surface area contributed by atoms with Gasteiger partial charge in [-0.2, -0.15) is 0 Å². The predicted molar refractivity (Wildman–Crippen MR) is 114 cm³/mol. The molecule has 0 radical (unpaired) electrons. The Morgan fingerprint density at radius 1 is 0.906 bits per heavy atom. The highest BCUT2D eigenvalue weighted by Crippen LogP contribution is 2.52. The zero-order chi connectivity index (χ0) is 23.6. The number of ketones is 1. The Bertz CT molecular complexity index is 1110. The summed E-state index contributed by atoms with van der Waals surface area (Å²) in [7, 11) is 7.23. The van der Waals surface area contributed by atoms with Crippen LogP contribution in [0, 0.1) is 5.92 Å². The van der Waals surface area contributed by atoms with Crippen molar-refractivity contribution in [3.8, 4) is 28.7 Å². The van der Waals surface area contributed by atoms with Crippen LogP contribution in [0.2, 0.25) is 0 Å². The van der Waals surface area contributed by atoms with Crippen molar-refractivity contribution >= 4 is 11.7 Å². The van der Waals surface area contributed by atoms with Crippen molar-refractivity contribution in [3.05, 3.63) is 50.9 Å². The molecule has 0 N–H and O–H groups in total. The number of methoxy groups -OCH3 is 5. The van der Waals surface area contributed by atoms with Crippen molar-refractivity contribution in [3.63, 3.8) is 0 Å². The van der Waals surface area contributed by atoms with Gasteiger partial charge in [-0.1, -0.05) is 6.92 Å². The van der Waals surface area contributed by atoms with Crippen molar-refractivity contribution < 1.29 is 33.3 Å². The molecule has 2 unspecified atom stereocenters. The number of fused-ring (bicyclic) bond motifs is 1. The first-order chi connectivity index (χ1) is 15.4. The molecule has 32 heavy (non-hydrogen) atoms. The predicted octanol–water partition coefficient (Wildman–Crippen LogP) is 4.14. The molecule has 0 fully saturated rings. The molecular formula is C22H23N3O7. The van der Waals surface area contributed by atoms with Crippen LogP contribution in [0.3, 0.4) is 0 Å². The van der Waals surface area contributed by atoms with E-state index in [0.717, 1.165) is 0 Å². The standard InChI is InChI=1S/C22H23N3O7/c1-10-16(11-7-14(29-3)20(31-5)15(8-11)30-4)17-12(19(10)26)9-13(28-2)18(21(17)32-6)22(27)24-25-23/h7-10,16H,1-6H3. The van der Waals surface area contributed by atoms with Gasteiger partial charge in [0.2, 0.25) is 5.75 Å². The average molecular weight is 441 g/mol. The zero-order valence-electron chi connectivity index (χ0n) is 18.6. The lowest BCUT2D eigenvalue weighted by atomic mass is 9.85. The van der Waals surface area contributed by atoms with E-state index in [4.69, 9.17) is 29.2 Å². The third kappa shape index (κ3) is 3.44. The highest BCUT2D eigenvalue weighted by molar-refractivity contribution is 6.09. The average Bonchev–Trinajstić information content (AvgIpc) is 3.06. The maximum atomic E-state index is 13.2. The van der Waals surface area contributed by atoms with Crippen LogP contribution in [-0.2, 0) is 0 Å². The first kappa shape index (κ1) is 22.8. The second-order valence-corrected chi connectivity index (χ2v) is 7.03. The van der Waals surface area contributed by atoms with Crippen LogP contribution in [0.4, 0.5) is 0 Å². The van der Waals surface area contributed by atoms with Gasteiger partial charge in [-0.05, 0) is 34.4 Å². The lowest BCUT2D eigenvalue weighted by Crippen LogP contribution is -2.12. The largest absolute Gasteiger partial charge is 0.496 e. The lowest BCUT2D eigenvalue weighted by molar-refractivity contribution is 0.0937. The van der Waals surface area contributed by atoms with Crippen LogP contribution in [0.25, 0.3) is 10.4 Å². The highest BCUT2D eigenvalue weighted by atomic mass is 16.5. The first-order valence-electron chi connectivity index (χ1n) is 9.60. The molecule has 1 aliphatic rings. The molecule has 10 nitrogen and oxygen atoms in total. The molecule has 2 atom stereocenters. The second kappa shape index (κ2) is 9.07. The summed E-state index contributed by atoms with van der Waals surface area (Å²) >= 11 is 0. The minimum Gasteiger partial charge on any atom is -0.496 e. The molecule has 1 aliphatic carbocycles. The van der Waals surface area contributed by atoms with E-state index in [1.807, 2.05) is 0 Å². The first-order valence-corrected chi connectivity index (χ1v) is 9.60. The molecule has 0 heterocycles. The highest BCUT2D eigenvalue weighted by Gasteiger charge is 2.43. The van der Waals surface area contributed by atoms with E-state index in [9.17, 15) is 9.59 Å². The van der Waals surface area contributed by atoms with E-state index in [1.165, 1.54) is 41.6 Å². The van der Waals surface area contributed by atoms with Gasteiger partial charge in [-0.25, -0.2) is 0 Å². The number of azide groups is 1. The number of carbonyl (C=O) groups is 2. The summed E-state index contributed by atoms with van der Waals surface area (Å²) in [6, 6.07) is 4.99. The fraction of sp³-hybridized carbons (Fsp3) is 0.364. The summed E-state index contributed by atoms with van der Waals surface area (Å²) in [6.45, 7) is 1.79. The normalized spacial score (nSPS) is 16.6. The minimum atomic E-state index is -0.875. The van der Waals surface area contributed by atoms with Crippen molar-refractivity contribution in [2.24, 2.45) is 11.0 Å². The maximum Gasteiger partial charge on any atom is 0.256 e. The van der Waals surface area contributed by atoms with Crippen molar-refractivity contribution in [1.29, 1.82) is 0 Å². The maximum absolute atomic E-state index is 13.2. The molecule has 10 heteroatoms. The Morgan fingerprint density at radius 2 is 1.47 bits per heavy atom. The van der Waals surface area contributed by atoms with Crippen LogP contribution >= 0.6 is 0 Å². The summed E-state index contributed by atoms with van der Waals surface area (Å²) in [4.78, 5) is 28.3. The quantitative estimate of drug-likeness (QED) is 0.358. The van der Waals surface area contributed by atoms with Gasteiger partial charge in [0.25, 0.3) is 5.91 Å². The van der Waals surface area contributed by atoms with Crippen LogP contribution in [-0.4, -0.2) is 47.2 Å². The summed E-state index contributed by atoms with van der Waals surface area (Å²) in [5, 5.41) is 3.19. The molecule has 2 aromatic rings.